The van der Waals surface area contributed by atoms with Crippen LogP contribution in [0.2, 0.25) is 0 Å². The van der Waals surface area contributed by atoms with Crippen molar-refractivity contribution in [2.24, 2.45) is 0 Å². The zero-order chi connectivity index (χ0) is 13.5. The lowest BCUT2D eigenvalue weighted by molar-refractivity contribution is 0.513. The van der Waals surface area contributed by atoms with Gasteiger partial charge < -0.3 is 15.1 Å². The molecule has 2 rings (SSSR count). The van der Waals surface area contributed by atoms with Gasteiger partial charge in [0.05, 0.1) is 6.26 Å². The topological polar surface area (TPSA) is 63.0 Å². The monoisotopic (exact) mass is 260 g/mol. The third-order valence-corrected chi connectivity index (χ3v) is 2.89. The maximum absolute atomic E-state index is 5.31. The third kappa shape index (κ3) is 3.47. The molecule has 19 heavy (non-hydrogen) atoms. The number of aromatic nitrogens is 2. The van der Waals surface area contributed by atoms with Crippen LogP contribution in [0.25, 0.3) is 0 Å². The number of furan rings is 1. The Balaban J connectivity index is 2.00. The minimum atomic E-state index is 0.795. The Morgan fingerprint density at radius 1 is 1.16 bits per heavy atom. The molecule has 5 nitrogen and oxygen atoms in total. The molecular formula is C14H20N4O. The highest BCUT2D eigenvalue weighted by atomic mass is 16.3. The number of hydrogen-bond donors (Lipinski definition) is 2. The predicted octanol–water partition coefficient (Wildman–Crippen LogP) is 2.72. The molecule has 2 aromatic heterocycles. The van der Waals surface area contributed by atoms with Gasteiger partial charge in [-0.25, -0.2) is 9.97 Å². The summed E-state index contributed by atoms with van der Waals surface area (Å²) in [5.41, 5.74) is 1.13. The predicted molar refractivity (Wildman–Crippen MR) is 76.5 cm³/mol. The summed E-state index contributed by atoms with van der Waals surface area (Å²) in [4.78, 5) is 8.60. The van der Waals surface area contributed by atoms with E-state index in [1.165, 1.54) is 0 Å². The summed E-state index contributed by atoms with van der Waals surface area (Å²) in [7, 11) is 0. The molecule has 0 fully saturated rings. The van der Waals surface area contributed by atoms with E-state index in [0.717, 1.165) is 48.9 Å². The van der Waals surface area contributed by atoms with Crippen LogP contribution in [0, 0.1) is 0 Å². The van der Waals surface area contributed by atoms with Crippen LogP contribution >= 0.6 is 0 Å². The lowest BCUT2D eigenvalue weighted by atomic mass is 10.2. The molecule has 0 amide bonds. The Labute approximate surface area is 113 Å². The van der Waals surface area contributed by atoms with Crippen molar-refractivity contribution < 1.29 is 4.42 Å². The second-order valence-corrected chi connectivity index (χ2v) is 4.19. The molecule has 0 bridgehead atoms. The first kappa shape index (κ1) is 13.4. The summed E-state index contributed by atoms with van der Waals surface area (Å²) in [5, 5.41) is 6.61. The SMILES string of the molecule is CCNc1ncnc(NCCc2ccco2)c1CC. The molecule has 102 valence electrons. The first-order valence-electron chi connectivity index (χ1n) is 6.69. The third-order valence-electron chi connectivity index (χ3n) is 2.89. The van der Waals surface area contributed by atoms with Crippen LogP contribution in [-0.4, -0.2) is 23.1 Å². The van der Waals surface area contributed by atoms with Gasteiger partial charge in [0, 0.05) is 25.1 Å². The van der Waals surface area contributed by atoms with Crippen molar-refractivity contribution >= 4 is 11.6 Å². The summed E-state index contributed by atoms with van der Waals surface area (Å²) < 4.78 is 5.31. The molecule has 0 saturated carbocycles. The molecule has 2 aromatic rings. The van der Waals surface area contributed by atoms with E-state index in [9.17, 15) is 0 Å². The van der Waals surface area contributed by atoms with Crippen molar-refractivity contribution in [1.29, 1.82) is 0 Å². The van der Waals surface area contributed by atoms with Crippen LogP contribution in [0.4, 0.5) is 11.6 Å². The zero-order valence-electron chi connectivity index (χ0n) is 11.4. The normalized spacial score (nSPS) is 10.4. The number of nitrogens with zero attached hydrogens (tertiary/aromatic N) is 2. The maximum atomic E-state index is 5.31. The van der Waals surface area contributed by atoms with Crippen LogP contribution < -0.4 is 10.6 Å². The largest absolute Gasteiger partial charge is 0.469 e. The Morgan fingerprint density at radius 3 is 2.58 bits per heavy atom. The van der Waals surface area contributed by atoms with Crippen molar-refractivity contribution in [2.75, 3.05) is 23.7 Å². The Morgan fingerprint density at radius 2 is 1.95 bits per heavy atom. The van der Waals surface area contributed by atoms with Gasteiger partial charge in [-0.3, -0.25) is 0 Å². The molecule has 0 aliphatic carbocycles. The summed E-state index contributed by atoms with van der Waals surface area (Å²) in [6.07, 6.45) is 5.02. The van der Waals surface area contributed by atoms with E-state index in [2.05, 4.69) is 34.4 Å². The van der Waals surface area contributed by atoms with Crippen LogP contribution in [0.1, 0.15) is 25.2 Å². The fourth-order valence-electron chi connectivity index (χ4n) is 1.98. The molecule has 0 radical (unpaired) electrons. The maximum Gasteiger partial charge on any atom is 0.134 e. The van der Waals surface area contributed by atoms with Gasteiger partial charge in [-0.1, -0.05) is 6.92 Å². The molecule has 0 atom stereocenters. The molecule has 0 saturated heterocycles. The molecule has 0 aromatic carbocycles. The molecule has 5 heteroatoms. The first-order chi connectivity index (χ1) is 9.35. The number of hydrogen-bond acceptors (Lipinski definition) is 5. The smallest absolute Gasteiger partial charge is 0.134 e. The Hall–Kier alpha value is -2.04. The fraction of sp³-hybridized carbons (Fsp3) is 0.429. The van der Waals surface area contributed by atoms with E-state index < -0.39 is 0 Å². The fourth-order valence-corrected chi connectivity index (χ4v) is 1.98. The minimum Gasteiger partial charge on any atom is -0.469 e. The lowest BCUT2D eigenvalue weighted by Crippen LogP contribution is -2.11. The van der Waals surface area contributed by atoms with Crippen LogP contribution in [0.5, 0.6) is 0 Å². The molecule has 2 heterocycles. The van der Waals surface area contributed by atoms with Crippen LogP contribution in [0.15, 0.2) is 29.1 Å². The standard InChI is InChI=1S/C14H20N4O/c1-3-12-13(15-4-2)17-10-18-14(12)16-8-7-11-6-5-9-19-11/h5-6,9-10H,3-4,7-8H2,1-2H3,(H2,15,16,17,18). The van der Waals surface area contributed by atoms with Crippen molar-refractivity contribution in [3.63, 3.8) is 0 Å². The Bertz CT molecular complexity index is 496. The molecular weight excluding hydrogens is 240 g/mol. The first-order valence-corrected chi connectivity index (χ1v) is 6.69. The Kier molecular flexibility index (Phi) is 4.78. The van der Waals surface area contributed by atoms with Gasteiger partial charge in [0.15, 0.2) is 0 Å². The van der Waals surface area contributed by atoms with E-state index in [1.54, 1.807) is 12.6 Å². The average molecular weight is 260 g/mol. The van der Waals surface area contributed by atoms with Crippen molar-refractivity contribution in [2.45, 2.75) is 26.7 Å². The van der Waals surface area contributed by atoms with Crippen LogP contribution in [-0.2, 0) is 12.8 Å². The number of nitrogens with one attached hydrogen (secondary N) is 2. The second kappa shape index (κ2) is 6.78. The van der Waals surface area contributed by atoms with E-state index in [-0.39, 0.29) is 0 Å². The average Bonchev–Trinajstić information content (AvgIpc) is 2.93. The molecule has 0 aliphatic rings. The summed E-state index contributed by atoms with van der Waals surface area (Å²) in [5.74, 6) is 2.80. The lowest BCUT2D eigenvalue weighted by Gasteiger charge is -2.13. The highest BCUT2D eigenvalue weighted by Gasteiger charge is 2.08. The van der Waals surface area contributed by atoms with Crippen molar-refractivity contribution in [3.8, 4) is 0 Å². The molecule has 0 unspecified atom stereocenters. The second-order valence-electron chi connectivity index (χ2n) is 4.19. The van der Waals surface area contributed by atoms with Gasteiger partial charge in [-0.05, 0) is 25.5 Å². The minimum absolute atomic E-state index is 0.795. The summed E-state index contributed by atoms with van der Waals surface area (Å²) >= 11 is 0. The molecule has 0 aliphatic heterocycles. The quantitative estimate of drug-likeness (QED) is 0.801. The van der Waals surface area contributed by atoms with Crippen molar-refractivity contribution in [3.05, 3.63) is 36.0 Å². The van der Waals surface area contributed by atoms with Gasteiger partial charge >= 0.3 is 0 Å². The van der Waals surface area contributed by atoms with Crippen molar-refractivity contribution in [1.82, 2.24) is 9.97 Å². The van der Waals surface area contributed by atoms with Gasteiger partial charge in [0.25, 0.3) is 0 Å². The van der Waals surface area contributed by atoms with Crippen LogP contribution in [0.3, 0.4) is 0 Å². The van der Waals surface area contributed by atoms with E-state index >= 15 is 0 Å². The highest BCUT2D eigenvalue weighted by molar-refractivity contribution is 5.57. The number of anilines is 2. The van der Waals surface area contributed by atoms with Gasteiger partial charge in [0.1, 0.15) is 23.7 Å². The molecule has 2 N–H and O–H groups in total. The highest BCUT2D eigenvalue weighted by Crippen LogP contribution is 2.20. The van der Waals surface area contributed by atoms with Gasteiger partial charge in [-0.15, -0.1) is 0 Å². The molecule has 0 spiro atoms. The van der Waals surface area contributed by atoms with E-state index in [0.29, 0.717) is 0 Å². The number of rotatable bonds is 7. The van der Waals surface area contributed by atoms with E-state index in [1.807, 2.05) is 12.1 Å². The zero-order valence-corrected chi connectivity index (χ0v) is 11.4. The van der Waals surface area contributed by atoms with E-state index in [4.69, 9.17) is 4.42 Å². The van der Waals surface area contributed by atoms with Gasteiger partial charge in [-0.2, -0.15) is 0 Å². The summed E-state index contributed by atoms with van der Waals surface area (Å²) in [6.45, 7) is 5.82. The van der Waals surface area contributed by atoms with Gasteiger partial charge in [0.2, 0.25) is 0 Å². The summed E-state index contributed by atoms with van der Waals surface area (Å²) in [6, 6.07) is 3.88.